The van der Waals surface area contributed by atoms with E-state index in [9.17, 15) is 13.6 Å². The van der Waals surface area contributed by atoms with E-state index in [0.29, 0.717) is 11.6 Å². The normalized spacial score (nSPS) is 14.3. The molecule has 5 nitrogen and oxygen atoms in total. The lowest BCUT2D eigenvalue weighted by Crippen LogP contribution is -2.14. The van der Waals surface area contributed by atoms with Gasteiger partial charge in [-0.05, 0) is 25.0 Å². The standard InChI is InChI=1S/C13H12F2N4O/c14-7-3-8(15)5-9(4-7)17-13(20)12-10(16)11(18-19-12)6-1-2-6/h3-6H,1-2,16H2,(H,17,20)(H,18,19). The van der Waals surface area contributed by atoms with Gasteiger partial charge in [-0.2, -0.15) is 5.10 Å². The molecule has 1 heterocycles. The van der Waals surface area contributed by atoms with Gasteiger partial charge in [0.15, 0.2) is 5.69 Å². The van der Waals surface area contributed by atoms with Gasteiger partial charge in [-0.25, -0.2) is 8.78 Å². The van der Waals surface area contributed by atoms with E-state index in [1.807, 2.05) is 0 Å². The lowest BCUT2D eigenvalue weighted by molar-refractivity contribution is 0.102. The molecule has 0 atom stereocenters. The number of aromatic nitrogens is 2. The van der Waals surface area contributed by atoms with Crippen molar-refractivity contribution < 1.29 is 13.6 Å². The van der Waals surface area contributed by atoms with Gasteiger partial charge in [-0.1, -0.05) is 0 Å². The lowest BCUT2D eigenvalue weighted by Gasteiger charge is -2.04. The van der Waals surface area contributed by atoms with Crippen LogP contribution in [0.5, 0.6) is 0 Å². The van der Waals surface area contributed by atoms with Crippen LogP contribution in [0.25, 0.3) is 0 Å². The summed E-state index contributed by atoms with van der Waals surface area (Å²) in [6.45, 7) is 0. The Morgan fingerprint density at radius 3 is 2.55 bits per heavy atom. The van der Waals surface area contributed by atoms with E-state index in [4.69, 9.17) is 5.73 Å². The number of H-pyrrole nitrogens is 1. The van der Waals surface area contributed by atoms with Gasteiger partial charge in [0.25, 0.3) is 5.91 Å². The molecule has 1 amide bonds. The maximum Gasteiger partial charge on any atom is 0.278 e. The van der Waals surface area contributed by atoms with Crippen molar-refractivity contribution >= 4 is 17.3 Å². The van der Waals surface area contributed by atoms with Gasteiger partial charge >= 0.3 is 0 Å². The first kappa shape index (κ1) is 12.6. The molecule has 1 aliphatic carbocycles. The zero-order valence-corrected chi connectivity index (χ0v) is 10.4. The lowest BCUT2D eigenvalue weighted by atomic mass is 10.2. The monoisotopic (exact) mass is 278 g/mol. The molecule has 1 aromatic carbocycles. The summed E-state index contributed by atoms with van der Waals surface area (Å²) in [5.74, 6) is -1.81. The number of rotatable bonds is 3. The number of benzene rings is 1. The van der Waals surface area contributed by atoms with Gasteiger partial charge in [0.1, 0.15) is 11.6 Å². The SMILES string of the molecule is Nc1c(C(=O)Nc2cc(F)cc(F)c2)n[nH]c1C1CC1. The molecule has 0 bridgehead atoms. The van der Waals surface area contributed by atoms with Gasteiger partial charge < -0.3 is 11.1 Å². The van der Waals surface area contributed by atoms with Crippen LogP contribution in [0.4, 0.5) is 20.2 Å². The van der Waals surface area contributed by atoms with Crippen molar-refractivity contribution in [2.75, 3.05) is 11.1 Å². The summed E-state index contributed by atoms with van der Waals surface area (Å²) < 4.78 is 26.1. The van der Waals surface area contributed by atoms with Crippen molar-refractivity contribution in [2.24, 2.45) is 0 Å². The predicted molar refractivity (Wildman–Crippen MR) is 69.3 cm³/mol. The number of nitrogens with one attached hydrogen (secondary N) is 2. The molecule has 1 aliphatic rings. The molecule has 0 aliphatic heterocycles. The van der Waals surface area contributed by atoms with E-state index in [1.54, 1.807) is 0 Å². The highest BCUT2D eigenvalue weighted by Gasteiger charge is 2.30. The second kappa shape index (κ2) is 4.59. The Bertz CT molecular complexity index is 659. The highest BCUT2D eigenvalue weighted by Crippen LogP contribution is 2.42. The fraction of sp³-hybridized carbons (Fsp3) is 0.231. The third-order valence-electron chi connectivity index (χ3n) is 3.15. The number of nitrogens with zero attached hydrogens (tertiary/aromatic N) is 1. The van der Waals surface area contributed by atoms with Crippen LogP contribution in [0.3, 0.4) is 0 Å². The van der Waals surface area contributed by atoms with E-state index < -0.39 is 17.5 Å². The number of hydrogen-bond acceptors (Lipinski definition) is 3. The topological polar surface area (TPSA) is 83.8 Å². The van der Waals surface area contributed by atoms with Crippen molar-refractivity contribution in [3.8, 4) is 0 Å². The molecule has 20 heavy (non-hydrogen) atoms. The molecule has 2 aromatic rings. The van der Waals surface area contributed by atoms with Crippen LogP contribution in [0.15, 0.2) is 18.2 Å². The van der Waals surface area contributed by atoms with Crippen LogP contribution in [-0.2, 0) is 0 Å². The molecule has 0 spiro atoms. The fourth-order valence-corrected chi connectivity index (χ4v) is 2.04. The number of nitrogens with two attached hydrogens (primary N) is 1. The van der Waals surface area contributed by atoms with Gasteiger partial charge in [-0.15, -0.1) is 0 Å². The van der Waals surface area contributed by atoms with Crippen LogP contribution in [-0.4, -0.2) is 16.1 Å². The fourth-order valence-electron chi connectivity index (χ4n) is 2.04. The zero-order chi connectivity index (χ0) is 14.3. The average Bonchev–Trinajstić information content (AvgIpc) is 3.11. The number of carbonyl (C=O) groups is 1. The Kier molecular flexibility index (Phi) is 2.89. The van der Waals surface area contributed by atoms with E-state index in [2.05, 4.69) is 15.5 Å². The summed E-state index contributed by atoms with van der Waals surface area (Å²) in [5, 5.41) is 8.98. The minimum absolute atomic E-state index is 0.0165. The second-order valence-corrected chi connectivity index (χ2v) is 4.79. The molecule has 104 valence electrons. The first-order valence-corrected chi connectivity index (χ1v) is 6.16. The molecule has 7 heteroatoms. The number of halogens is 2. The second-order valence-electron chi connectivity index (χ2n) is 4.79. The number of amides is 1. The number of nitrogen functional groups attached to an aromatic ring is 1. The van der Waals surface area contributed by atoms with Gasteiger partial charge in [0, 0.05) is 17.7 Å². The summed E-state index contributed by atoms with van der Waals surface area (Å²) in [5.41, 5.74) is 6.95. The largest absolute Gasteiger partial charge is 0.395 e. The van der Waals surface area contributed by atoms with E-state index in [-0.39, 0.29) is 11.4 Å². The Balaban J connectivity index is 1.82. The molecule has 1 aromatic heterocycles. The van der Waals surface area contributed by atoms with Crippen LogP contribution in [0, 0.1) is 11.6 Å². The molecule has 0 radical (unpaired) electrons. The molecule has 4 N–H and O–H groups in total. The number of aromatic amines is 1. The maximum absolute atomic E-state index is 13.0. The average molecular weight is 278 g/mol. The third kappa shape index (κ3) is 2.34. The summed E-state index contributed by atoms with van der Waals surface area (Å²) in [4.78, 5) is 12.0. The van der Waals surface area contributed by atoms with Crippen molar-refractivity contribution in [3.05, 3.63) is 41.2 Å². The molecule has 0 unspecified atom stereocenters. The Hall–Kier alpha value is -2.44. The molecule has 3 rings (SSSR count). The summed E-state index contributed by atoms with van der Waals surface area (Å²) in [6.07, 6.45) is 2.03. The number of hydrogen-bond donors (Lipinski definition) is 3. The maximum atomic E-state index is 13.0. The van der Waals surface area contributed by atoms with Crippen LogP contribution < -0.4 is 11.1 Å². The molecule has 0 saturated heterocycles. The van der Waals surface area contributed by atoms with E-state index in [0.717, 1.165) is 36.7 Å². The molecular formula is C13H12F2N4O. The number of anilines is 2. The highest BCUT2D eigenvalue weighted by molar-refractivity contribution is 6.06. The summed E-state index contributed by atoms with van der Waals surface area (Å²) in [6, 6.07) is 2.76. The number of carbonyl (C=O) groups excluding carboxylic acids is 1. The Morgan fingerprint density at radius 2 is 1.95 bits per heavy atom. The van der Waals surface area contributed by atoms with Crippen LogP contribution >= 0.6 is 0 Å². The highest BCUT2D eigenvalue weighted by atomic mass is 19.1. The van der Waals surface area contributed by atoms with E-state index in [1.165, 1.54) is 0 Å². The zero-order valence-electron chi connectivity index (χ0n) is 10.4. The molecule has 1 fully saturated rings. The first-order valence-electron chi connectivity index (χ1n) is 6.16. The van der Waals surface area contributed by atoms with Crippen molar-refractivity contribution in [2.45, 2.75) is 18.8 Å². The first-order chi connectivity index (χ1) is 9.54. The van der Waals surface area contributed by atoms with Gasteiger partial charge in [-0.3, -0.25) is 9.89 Å². The van der Waals surface area contributed by atoms with Crippen molar-refractivity contribution in [1.29, 1.82) is 0 Å². The van der Waals surface area contributed by atoms with E-state index >= 15 is 0 Å². The quantitative estimate of drug-likeness (QED) is 0.806. The molecule has 1 saturated carbocycles. The smallest absolute Gasteiger partial charge is 0.278 e. The minimum atomic E-state index is -0.769. The Labute approximate surface area is 113 Å². The third-order valence-corrected chi connectivity index (χ3v) is 3.15. The Morgan fingerprint density at radius 1 is 1.30 bits per heavy atom. The minimum Gasteiger partial charge on any atom is -0.395 e. The van der Waals surface area contributed by atoms with Crippen molar-refractivity contribution in [1.82, 2.24) is 10.2 Å². The van der Waals surface area contributed by atoms with Crippen molar-refractivity contribution in [3.63, 3.8) is 0 Å². The summed E-state index contributed by atoms with van der Waals surface area (Å²) >= 11 is 0. The summed E-state index contributed by atoms with van der Waals surface area (Å²) in [7, 11) is 0. The predicted octanol–water partition coefficient (Wildman–Crippen LogP) is 2.40. The van der Waals surface area contributed by atoms with Crippen LogP contribution in [0.1, 0.15) is 34.9 Å². The van der Waals surface area contributed by atoms with Gasteiger partial charge in [0.2, 0.25) is 0 Å². The van der Waals surface area contributed by atoms with Gasteiger partial charge in [0.05, 0.1) is 11.4 Å². The van der Waals surface area contributed by atoms with Crippen LogP contribution in [0.2, 0.25) is 0 Å². The molecular weight excluding hydrogens is 266 g/mol.